The maximum absolute atomic E-state index is 2.43. The van der Waals surface area contributed by atoms with Gasteiger partial charge in [-0.05, 0) is 89.0 Å². The molecular formula is C48H30N2S. The summed E-state index contributed by atoms with van der Waals surface area (Å²) in [5.74, 6) is 0. The van der Waals surface area contributed by atoms with Crippen LogP contribution < -0.4 is 0 Å². The van der Waals surface area contributed by atoms with Crippen molar-refractivity contribution >= 4 is 75.1 Å². The Morgan fingerprint density at radius 2 is 0.804 bits per heavy atom. The molecule has 0 aliphatic carbocycles. The number of rotatable bonds is 4. The predicted octanol–water partition coefficient (Wildman–Crippen LogP) is 13.6. The summed E-state index contributed by atoms with van der Waals surface area (Å²) >= 11 is 1.86. The van der Waals surface area contributed by atoms with Crippen molar-refractivity contribution in [1.82, 2.24) is 9.13 Å². The van der Waals surface area contributed by atoms with Crippen LogP contribution in [0.15, 0.2) is 182 Å². The van der Waals surface area contributed by atoms with Gasteiger partial charge in [0.15, 0.2) is 0 Å². The molecule has 51 heavy (non-hydrogen) atoms. The molecule has 11 aromatic rings. The highest BCUT2D eigenvalue weighted by Gasteiger charge is 2.17. The summed E-state index contributed by atoms with van der Waals surface area (Å²) in [6.45, 7) is 0. The zero-order chi connectivity index (χ0) is 33.5. The van der Waals surface area contributed by atoms with Gasteiger partial charge in [-0.1, -0.05) is 115 Å². The number of thiophene rings is 1. The average Bonchev–Trinajstić information content (AvgIpc) is 3.85. The van der Waals surface area contributed by atoms with Crippen molar-refractivity contribution in [1.29, 1.82) is 0 Å². The van der Waals surface area contributed by atoms with Gasteiger partial charge >= 0.3 is 0 Å². The Morgan fingerprint density at radius 3 is 1.61 bits per heavy atom. The van der Waals surface area contributed by atoms with Gasteiger partial charge in [-0.2, -0.15) is 0 Å². The molecule has 0 saturated heterocycles. The van der Waals surface area contributed by atoms with E-state index in [2.05, 4.69) is 191 Å². The summed E-state index contributed by atoms with van der Waals surface area (Å²) in [5.41, 5.74) is 12.1. The van der Waals surface area contributed by atoms with E-state index in [4.69, 9.17) is 0 Å². The molecule has 8 aromatic carbocycles. The minimum Gasteiger partial charge on any atom is -0.309 e. The number of hydrogen-bond donors (Lipinski definition) is 0. The summed E-state index contributed by atoms with van der Waals surface area (Å²) < 4.78 is 7.50. The SMILES string of the molecule is c1ccc(-c2ccc(-n3c4ccccc4c4ccc(-c5ccc6c(c5)c5ccccc5n6-c5ccc6sc7ccccc7c6c5)cc43)cc2)cc1. The quantitative estimate of drug-likeness (QED) is 0.177. The normalized spacial score (nSPS) is 11.9. The number of fused-ring (bicyclic) bond motifs is 9. The highest BCUT2D eigenvalue weighted by Crippen LogP contribution is 2.40. The standard InChI is InChI=1S/C48H30N2S/c1-2-10-31(11-3-1)32-18-22-35(23-19-32)49-43-15-7-4-12-37(43)39-25-20-34(29-46(39)49)33-21-26-45-41(28-33)38-13-5-8-16-44(38)50(45)36-24-27-48-42(30-36)40-14-6-9-17-47(40)51-48/h1-30H. The first-order chi connectivity index (χ1) is 25.3. The Hall–Kier alpha value is -6.42. The van der Waals surface area contributed by atoms with E-state index in [9.17, 15) is 0 Å². The molecule has 0 aliphatic rings. The lowest BCUT2D eigenvalue weighted by Crippen LogP contribution is -1.94. The lowest BCUT2D eigenvalue weighted by Gasteiger charge is -2.11. The summed E-state index contributed by atoms with van der Waals surface area (Å²) in [7, 11) is 0. The van der Waals surface area contributed by atoms with Crippen LogP contribution in [0, 0.1) is 0 Å². The molecule has 0 N–H and O–H groups in total. The first-order valence-electron chi connectivity index (χ1n) is 17.4. The van der Waals surface area contributed by atoms with Crippen molar-refractivity contribution in [2.45, 2.75) is 0 Å². The molecule has 0 atom stereocenters. The highest BCUT2D eigenvalue weighted by atomic mass is 32.1. The van der Waals surface area contributed by atoms with Crippen molar-refractivity contribution in [2.24, 2.45) is 0 Å². The van der Waals surface area contributed by atoms with E-state index in [-0.39, 0.29) is 0 Å². The number of hydrogen-bond acceptors (Lipinski definition) is 1. The van der Waals surface area contributed by atoms with Gasteiger partial charge in [0, 0.05) is 53.1 Å². The van der Waals surface area contributed by atoms with E-state index in [0.29, 0.717) is 0 Å². The van der Waals surface area contributed by atoms with Crippen molar-refractivity contribution < 1.29 is 0 Å². The molecule has 2 nitrogen and oxygen atoms in total. The van der Waals surface area contributed by atoms with Crippen LogP contribution in [0.5, 0.6) is 0 Å². The van der Waals surface area contributed by atoms with Crippen LogP contribution in [0.3, 0.4) is 0 Å². The zero-order valence-corrected chi connectivity index (χ0v) is 28.4. The summed E-state index contributed by atoms with van der Waals surface area (Å²) in [4.78, 5) is 0. The smallest absolute Gasteiger partial charge is 0.0547 e. The fraction of sp³-hybridized carbons (Fsp3) is 0. The fourth-order valence-corrected chi connectivity index (χ4v) is 9.23. The number of para-hydroxylation sites is 2. The fourth-order valence-electron chi connectivity index (χ4n) is 8.15. The maximum atomic E-state index is 2.43. The second-order valence-corrected chi connectivity index (χ2v) is 14.4. The largest absolute Gasteiger partial charge is 0.309 e. The minimum absolute atomic E-state index is 1.16. The molecule has 0 amide bonds. The van der Waals surface area contributed by atoms with Crippen LogP contribution in [0.1, 0.15) is 0 Å². The van der Waals surface area contributed by atoms with Crippen LogP contribution in [0.2, 0.25) is 0 Å². The average molecular weight is 667 g/mol. The minimum atomic E-state index is 1.16. The van der Waals surface area contributed by atoms with Crippen molar-refractivity contribution in [2.75, 3.05) is 0 Å². The number of nitrogens with zero attached hydrogens (tertiary/aromatic N) is 2. The molecule has 0 unspecified atom stereocenters. The Bertz CT molecular complexity index is 3120. The highest BCUT2D eigenvalue weighted by molar-refractivity contribution is 7.25. The first-order valence-corrected chi connectivity index (χ1v) is 18.2. The predicted molar refractivity (Wildman–Crippen MR) is 219 cm³/mol. The van der Waals surface area contributed by atoms with Gasteiger partial charge in [0.25, 0.3) is 0 Å². The third kappa shape index (κ3) is 4.35. The van der Waals surface area contributed by atoms with Gasteiger partial charge in [-0.25, -0.2) is 0 Å². The van der Waals surface area contributed by atoms with Crippen molar-refractivity contribution in [3.8, 4) is 33.6 Å². The molecule has 3 aromatic heterocycles. The lowest BCUT2D eigenvalue weighted by atomic mass is 10.0. The second kappa shape index (κ2) is 11.0. The van der Waals surface area contributed by atoms with Gasteiger partial charge in [-0.3, -0.25) is 0 Å². The van der Waals surface area contributed by atoms with E-state index in [1.165, 1.54) is 91.7 Å². The number of aromatic nitrogens is 2. The van der Waals surface area contributed by atoms with E-state index in [1.54, 1.807) is 0 Å². The molecule has 0 spiro atoms. The van der Waals surface area contributed by atoms with Crippen LogP contribution in [0.25, 0.3) is 97.4 Å². The Morgan fingerprint density at radius 1 is 0.275 bits per heavy atom. The van der Waals surface area contributed by atoms with Gasteiger partial charge in [0.1, 0.15) is 0 Å². The van der Waals surface area contributed by atoms with Crippen LogP contribution in [-0.2, 0) is 0 Å². The third-order valence-corrected chi connectivity index (χ3v) is 11.7. The van der Waals surface area contributed by atoms with Crippen molar-refractivity contribution in [3.05, 3.63) is 182 Å². The van der Waals surface area contributed by atoms with Gasteiger partial charge in [0.05, 0.1) is 22.1 Å². The number of benzene rings is 8. The molecular weight excluding hydrogens is 637 g/mol. The maximum Gasteiger partial charge on any atom is 0.0547 e. The molecule has 0 saturated carbocycles. The van der Waals surface area contributed by atoms with E-state index in [1.807, 2.05) is 11.3 Å². The lowest BCUT2D eigenvalue weighted by molar-refractivity contribution is 1.18. The molecule has 3 heteroatoms. The monoisotopic (exact) mass is 666 g/mol. The van der Waals surface area contributed by atoms with Gasteiger partial charge < -0.3 is 9.13 Å². The van der Waals surface area contributed by atoms with Crippen molar-refractivity contribution in [3.63, 3.8) is 0 Å². The molecule has 238 valence electrons. The molecule has 3 heterocycles. The van der Waals surface area contributed by atoms with Gasteiger partial charge in [0.2, 0.25) is 0 Å². The molecule has 0 aliphatic heterocycles. The third-order valence-electron chi connectivity index (χ3n) is 10.5. The zero-order valence-electron chi connectivity index (χ0n) is 27.6. The summed E-state index contributed by atoms with van der Waals surface area (Å²) in [6.07, 6.45) is 0. The van der Waals surface area contributed by atoms with E-state index >= 15 is 0 Å². The van der Waals surface area contributed by atoms with Crippen LogP contribution >= 0.6 is 11.3 Å². The summed E-state index contributed by atoms with van der Waals surface area (Å²) in [6, 6.07) is 66.7. The Balaban J connectivity index is 1.08. The molecule has 11 rings (SSSR count). The Kier molecular flexibility index (Phi) is 6.16. The Labute approximate surface area is 298 Å². The second-order valence-electron chi connectivity index (χ2n) is 13.4. The topological polar surface area (TPSA) is 9.86 Å². The van der Waals surface area contributed by atoms with Crippen LogP contribution in [0.4, 0.5) is 0 Å². The van der Waals surface area contributed by atoms with Gasteiger partial charge in [-0.15, -0.1) is 11.3 Å². The molecule has 0 bridgehead atoms. The first kappa shape index (κ1) is 28.4. The van der Waals surface area contributed by atoms with E-state index in [0.717, 1.165) is 5.69 Å². The van der Waals surface area contributed by atoms with E-state index < -0.39 is 0 Å². The van der Waals surface area contributed by atoms with Crippen LogP contribution in [-0.4, -0.2) is 9.13 Å². The molecule has 0 fully saturated rings. The molecule has 0 radical (unpaired) electrons. The summed E-state index contributed by atoms with van der Waals surface area (Å²) in [5, 5.41) is 7.68.